The largest absolute Gasteiger partial charge is 0.497 e. The summed E-state index contributed by atoms with van der Waals surface area (Å²) in [5.74, 6) is 0.892. The minimum atomic E-state index is -0.173. The fourth-order valence-electron chi connectivity index (χ4n) is 3.11. The molecule has 0 saturated carbocycles. The van der Waals surface area contributed by atoms with E-state index in [2.05, 4.69) is 5.32 Å². The van der Waals surface area contributed by atoms with Crippen molar-refractivity contribution in [1.29, 1.82) is 0 Å². The first kappa shape index (κ1) is 18.5. The Morgan fingerprint density at radius 1 is 0.966 bits per heavy atom. The number of carbonyl (C=O) groups is 1. The Bertz CT molecular complexity index is 1260. The highest BCUT2D eigenvalue weighted by Crippen LogP contribution is 2.25. The molecular weight excluding hydrogens is 366 g/mol. The van der Waals surface area contributed by atoms with Crippen molar-refractivity contribution < 1.29 is 13.9 Å². The molecular formula is C24H19NO4. The topological polar surface area (TPSA) is 68.5 Å². The minimum Gasteiger partial charge on any atom is -0.497 e. The van der Waals surface area contributed by atoms with Gasteiger partial charge in [0.1, 0.15) is 17.1 Å². The number of benzene rings is 3. The van der Waals surface area contributed by atoms with Crippen LogP contribution in [0.5, 0.6) is 5.75 Å². The molecule has 1 aromatic heterocycles. The number of anilines is 1. The third kappa shape index (κ3) is 3.89. The monoisotopic (exact) mass is 385 g/mol. The number of amides is 1. The molecule has 4 rings (SSSR count). The Kier molecular flexibility index (Phi) is 4.87. The summed E-state index contributed by atoms with van der Waals surface area (Å²) in [7, 11) is 1.55. The number of fused-ring (bicyclic) bond motifs is 1. The van der Waals surface area contributed by atoms with Crippen molar-refractivity contribution >= 4 is 22.6 Å². The highest BCUT2D eigenvalue weighted by atomic mass is 16.5. The van der Waals surface area contributed by atoms with Crippen LogP contribution in [0.25, 0.3) is 22.3 Å². The SMILES string of the molecule is COc1ccc2oc(-c3ccc(NC(=O)c4cccc(C)c4)cc3)cc(=O)c2c1. The van der Waals surface area contributed by atoms with Crippen LogP contribution in [0, 0.1) is 6.92 Å². The van der Waals surface area contributed by atoms with Crippen molar-refractivity contribution in [3.63, 3.8) is 0 Å². The molecule has 0 fully saturated rings. The standard InChI is InChI=1S/C24H19NO4/c1-15-4-3-5-17(12-15)24(27)25-18-8-6-16(7-9-18)23-14-21(26)20-13-19(28-2)10-11-22(20)29-23/h3-14H,1-2H3,(H,25,27). The van der Waals surface area contributed by atoms with E-state index in [0.717, 1.165) is 11.1 Å². The van der Waals surface area contributed by atoms with Crippen LogP contribution in [0.15, 0.2) is 82.0 Å². The fraction of sp³-hybridized carbons (Fsp3) is 0.0833. The van der Waals surface area contributed by atoms with Gasteiger partial charge in [0.25, 0.3) is 5.91 Å². The number of carbonyl (C=O) groups excluding carboxylic acids is 1. The molecule has 5 heteroatoms. The molecule has 0 radical (unpaired) electrons. The molecule has 0 spiro atoms. The van der Waals surface area contributed by atoms with Crippen LogP contribution in [0.3, 0.4) is 0 Å². The average Bonchev–Trinajstić information content (AvgIpc) is 2.74. The van der Waals surface area contributed by atoms with Gasteiger partial charge in [0.2, 0.25) is 0 Å². The molecule has 0 aliphatic rings. The molecule has 0 atom stereocenters. The molecule has 1 N–H and O–H groups in total. The molecule has 0 saturated heterocycles. The lowest BCUT2D eigenvalue weighted by atomic mass is 10.1. The molecule has 5 nitrogen and oxygen atoms in total. The summed E-state index contributed by atoms with van der Waals surface area (Å²) < 4.78 is 11.0. The summed E-state index contributed by atoms with van der Waals surface area (Å²) in [6.07, 6.45) is 0. The summed E-state index contributed by atoms with van der Waals surface area (Å²) in [4.78, 5) is 24.8. The van der Waals surface area contributed by atoms with Gasteiger partial charge in [-0.3, -0.25) is 9.59 Å². The Labute approximate surface area is 167 Å². The van der Waals surface area contributed by atoms with Crippen LogP contribution in [0.1, 0.15) is 15.9 Å². The summed E-state index contributed by atoms with van der Waals surface area (Å²) >= 11 is 0. The van der Waals surface area contributed by atoms with E-state index >= 15 is 0 Å². The van der Waals surface area contributed by atoms with Gasteiger partial charge in [-0.1, -0.05) is 17.7 Å². The maximum absolute atomic E-state index is 12.5. The van der Waals surface area contributed by atoms with Gasteiger partial charge in [0.05, 0.1) is 12.5 Å². The van der Waals surface area contributed by atoms with Crippen LogP contribution in [0.4, 0.5) is 5.69 Å². The number of aryl methyl sites for hydroxylation is 1. The van der Waals surface area contributed by atoms with E-state index in [-0.39, 0.29) is 11.3 Å². The Balaban J connectivity index is 1.59. The van der Waals surface area contributed by atoms with Crippen LogP contribution in [-0.4, -0.2) is 13.0 Å². The van der Waals surface area contributed by atoms with E-state index in [1.807, 2.05) is 25.1 Å². The minimum absolute atomic E-state index is 0.142. The van der Waals surface area contributed by atoms with Gasteiger partial charge in [0.15, 0.2) is 5.43 Å². The van der Waals surface area contributed by atoms with Crippen molar-refractivity contribution in [2.24, 2.45) is 0 Å². The maximum Gasteiger partial charge on any atom is 0.255 e. The zero-order valence-corrected chi connectivity index (χ0v) is 16.1. The zero-order chi connectivity index (χ0) is 20.4. The van der Waals surface area contributed by atoms with Crippen LogP contribution in [-0.2, 0) is 0 Å². The molecule has 144 valence electrons. The summed E-state index contributed by atoms with van der Waals surface area (Å²) in [6, 6.07) is 21.2. The van der Waals surface area contributed by atoms with Gasteiger partial charge in [0, 0.05) is 22.9 Å². The van der Waals surface area contributed by atoms with E-state index < -0.39 is 0 Å². The van der Waals surface area contributed by atoms with Gasteiger partial charge in [-0.05, 0) is 61.5 Å². The van der Waals surface area contributed by atoms with Gasteiger partial charge in [-0.2, -0.15) is 0 Å². The Morgan fingerprint density at radius 3 is 2.48 bits per heavy atom. The smallest absolute Gasteiger partial charge is 0.255 e. The number of rotatable bonds is 4. The average molecular weight is 385 g/mol. The predicted octanol–water partition coefficient (Wildman–Crippen LogP) is 5.03. The molecule has 0 aliphatic heterocycles. The first-order valence-corrected chi connectivity index (χ1v) is 9.14. The van der Waals surface area contributed by atoms with Crippen molar-refractivity contribution in [3.05, 3.63) is 94.1 Å². The van der Waals surface area contributed by atoms with Crippen molar-refractivity contribution in [2.45, 2.75) is 6.92 Å². The number of ether oxygens (including phenoxy) is 1. The zero-order valence-electron chi connectivity index (χ0n) is 16.1. The summed E-state index contributed by atoms with van der Waals surface area (Å²) in [5.41, 5.74) is 3.38. The lowest BCUT2D eigenvalue weighted by Crippen LogP contribution is -2.11. The van der Waals surface area contributed by atoms with E-state index in [9.17, 15) is 9.59 Å². The molecule has 0 aliphatic carbocycles. The van der Waals surface area contributed by atoms with Crippen molar-refractivity contribution in [3.8, 4) is 17.1 Å². The Morgan fingerprint density at radius 2 is 1.76 bits per heavy atom. The Hall–Kier alpha value is -3.86. The second kappa shape index (κ2) is 7.64. The number of hydrogen-bond donors (Lipinski definition) is 1. The highest BCUT2D eigenvalue weighted by molar-refractivity contribution is 6.04. The molecule has 4 aromatic rings. The summed E-state index contributed by atoms with van der Waals surface area (Å²) in [6.45, 7) is 1.94. The normalized spacial score (nSPS) is 10.7. The lowest BCUT2D eigenvalue weighted by molar-refractivity contribution is 0.102. The quantitative estimate of drug-likeness (QED) is 0.535. The first-order chi connectivity index (χ1) is 14.0. The van der Waals surface area contributed by atoms with Crippen molar-refractivity contribution in [2.75, 3.05) is 12.4 Å². The fourth-order valence-corrected chi connectivity index (χ4v) is 3.11. The second-order valence-corrected chi connectivity index (χ2v) is 6.74. The lowest BCUT2D eigenvalue weighted by Gasteiger charge is -2.08. The molecule has 3 aromatic carbocycles. The third-order valence-corrected chi connectivity index (χ3v) is 4.64. The van der Waals surface area contributed by atoms with Gasteiger partial charge < -0.3 is 14.5 Å². The van der Waals surface area contributed by atoms with Crippen LogP contribution in [0.2, 0.25) is 0 Å². The first-order valence-electron chi connectivity index (χ1n) is 9.14. The maximum atomic E-state index is 12.5. The van der Waals surface area contributed by atoms with Crippen LogP contribution >= 0.6 is 0 Å². The number of nitrogens with one attached hydrogen (secondary N) is 1. The molecule has 0 unspecified atom stereocenters. The molecule has 29 heavy (non-hydrogen) atoms. The highest BCUT2D eigenvalue weighted by Gasteiger charge is 2.10. The van der Waals surface area contributed by atoms with Gasteiger partial charge >= 0.3 is 0 Å². The van der Waals surface area contributed by atoms with Gasteiger partial charge in [-0.15, -0.1) is 0 Å². The van der Waals surface area contributed by atoms with E-state index in [4.69, 9.17) is 9.15 Å². The molecule has 1 amide bonds. The van der Waals surface area contributed by atoms with Gasteiger partial charge in [-0.25, -0.2) is 0 Å². The number of hydrogen-bond acceptors (Lipinski definition) is 4. The predicted molar refractivity (Wildman–Crippen MR) is 114 cm³/mol. The van der Waals surface area contributed by atoms with Crippen molar-refractivity contribution in [1.82, 2.24) is 0 Å². The number of methoxy groups -OCH3 is 1. The second-order valence-electron chi connectivity index (χ2n) is 6.74. The molecule has 1 heterocycles. The van der Waals surface area contributed by atoms with Crippen LogP contribution < -0.4 is 15.5 Å². The summed E-state index contributed by atoms with van der Waals surface area (Å²) in [5, 5.41) is 3.34. The van der Waals surface area contributed by atoms with E-state index in [1.54, 1.807) is 55.6 Å². The van der Waals surface area contributed by atoms with E-state index in [1.165, 1.54) is 6.07 Å². The third-order valence-electron chi connectivity index (χ3n) is 4.64. The van der Waals surface area contributed by atoms with E-state index in [0.29, 0.717) is 33.7 Å². The molecule has 0 bridgehead atoms.